The third-order valence-electron chi connectivity index (χ3n) is 6.49. The maximum absolute atomic E-state index is 13.5. The van der Waals surface area contributed by atoms with Gasteiger partial charge in [-0.1, -0.05) is 24.3 Å². The van der Waals surface area contributed by atoms with Crippen molar-refractivity contribution < 1.29 is 18.9 Å². The lowest BCUT2D eigenvalue weighted by Gasteiger charge is -2.28. The molecule has 9 heteroatoms. The van der Waals surface area contributed by atoms with Gasteiger partial charge in [-0.15, -0.1) is 0 Å². The fraction of sp³-hybridized carbons (Fsp3) is 0.269. The molecule has 0 atom stereocenters. The molecule has 178 valence electrons. The Hall–Kier alpha value is -4.27. The molecule has 1 aromatic heterocycles. The van der Waals surface area contributed by atoms with E-state index in [1.807, 2.05) is 31.2 Å². The first-order chi connectivity index (χ1) is 16.9. The molecule has 5 rings (SSSR count). The Kier molecular flexibility index (Phi) is 5.90. The Bertz CT molecular complexity index is 1370. The summed E-state index contributed by atoms with van der Waals surface area (Å²) in [5, 5.41) is 15.3. The molecule has 0 spiro atoms. The molecular weight excluding hydrogens is 448 g/mol. The first-order valence-electron chi connectivity index (χ1n) is 11.6. The van der Waals surface area contributed by atoms with Crippen LogP contribution in [0.25, 0.3) is 0 Å². The van der Waals surface area contributed by atoms with Gasteiger partial charge in [0, 0.05) is 47.5 Å². The van der Waals surface area contributed by atoms with Gasteiger partial charge in [0.05, 0.1) is 10.6 Å². The second kappa shape index (κ2) is 9.17. The van der Waals surface area contributed by atoms with Gasteiger partial charge in [-0.3, -0.25) is 19.7 Å². The van der Waals surface area contributed by atoms with E-state index in [4.69, 9.17) is 4.42 Å². The number of nitro groups is 1. The molecule has 2 amide bonds. The summed E-state index contributed by atoms with van der Waals surface area (Å²) in [6.07, 6.45) is 3.89. The van der Waals surface area contributed by atoms with Crippen molar-refractivity contribution in [2.24, 2.45) is 5.10 Å². The van der Waals surface area contributed by atoms with Crippen molar-refractivity contribution in [3.05, 3.63) is 92.4 Å². The zero-order chi connectivity index (χ0) is 24.5. The Morgan fingerprint density at radius 3 is 2.74 bits per heavy atom. The zero-order valence-corrected chi connectivity index (χ0v) is 19.2. The number of hydrazone groups is 1. The van der Waals surface area contributed by atoms with Crippen molar-refractivity contribution in [1.29, 1.82) is 0 Å². The van der Waals surface area contributed by atoms with Crippen LogP contribution >= 0.6 is 0 Å². The second-order valence-electron chi connectivity index (χ2n) is 8.70. The van der Waals surface area contributed by atoms with Gasteiger partial charge in [-0.25, -0.2) is 5.43 Å². The number of benzene rings is 2. The van der Waals surface area contributed by atoms with Gasteiger partial charge < -0.3 is 9.32 Å². The number of anilines is 1. The van der Waals surface area contributed by atoms with Crippen molar-refractivity contribution in [2.75, 3.05) is 11.4 Å². The van der Waals surface area contributed by atoms with E-state index in [1.165, 1.54) is 24.3 Å². The number of aryl methyl sites for hydroxylation is 2. The predicted molar refractivity (Wildman–Crippen MR) is 130 cm³/mol. The first-order valence-corrected chi connectivity index (χ1v) is 11.6. The topological polar surface area (TPSA) is 118 Å². The van der Waals surface area contributed by atoms with Gasteiger partial charge in [0.15, 0.2) is 5.76 Å². The lowest BCUT2D eigenvalue weighted by Crippen LogP contribution is -2.35. The number of non-ortho nitro benzene ring substituents is 1. The smallest absolute Gasteiger partial charge is 0.294 e. The molecule has 0 radical (unpaired) electrons. The molecular formula is C26H24N4O5. The van der Waals surface area contributed by atoms with E-state index in [2.05, 4.69) is 10.5 Å². The lowest BCUT2D eigenvalue weighted by molar-refractivity contribution is -0.384. The van der Waals surface area contributed by atoms with Crippen LogP contribution < -0.4 is 10.3 Å². The molecule has 1 N–H and O–H groups in total. The van der Waals surface area contributed by atoms with Gasteiger partial charge in [0.1, 0.15) is 5.76 Å². The summed E-state index contributed by atoms with van der Waals surface area (Å²) in [5.41, 5.74) is 6.63. The van der Waals surface area contributed by atoms with E-state index in [0.717, 1.165) is 36.1 Å². The summed E-state index contributed by atoms with van der Waals surface area (Å²) in [6.45, 7) is 2.47. The summed E-state index contributed by atoms with van der Waals surface area (Å²) < 4.78 is 6.07. The number of amides is 2. The third-order valence-corrected chi connectivity index (χ3v) is 6.49. The number of carbonyl (C=O) groups is 2. The number of hydrogen-bond acceptors (Lipinski definition) is 6. The standard InChI is InChI=1S/C26H24N4O5/c1-16-23-20(27-28-25(31)18-8-4-10-19(15-18)30(33)34)11-5-13-22(23)35-24(16)26(32)29-14-6-9-17-7-2-3-12-21(17)29/h2-4,7-8,10,12,15H,5-6,9,11,13-14H2,1H3,(H,28,31)/b27-20+. The number of rotatable bonds is 4. The number of nitrogens with one attached hydrogen (secondary N) is 1. The van der Waals surface area contributed by atoms with Gasteiger partial charge in [-0.05, 0) is 50.3 Å². The summed E-state index contributed by atoms with van der Waals surface area (Å²) in [7, 11) is 0. The highest BCUT2D eigenvalue weighted by Gasteiger charge is 2.32. The number of nitrogens with zero attached hydrogens (tertiary/aromatic N) is 3. The normalized spacial score (nSPS) is 15.9. The number of fused-ring (bicyclic) bond motifs is 2. The maximum atomic E-state index is 13.5. The fourth-order valence-corrected chi connectivity index (χ4v) is 4.79. The van der Waals surface area contributed by atoms with Crippen molar-refractivity contribution >= 4 is 28.9 Å². The molecule has 1 aliphatic carbocycles. The minimum Gasteiger partial charge on any atom is -0.455 e. The average Bonchev–Trinajstić information content (AvgIpc) is 3.23. The van der Waals surface area contributed by atoms with Crippen LogP contribution in [0, 0.1) is 17.0 Å². The van der Waals surface area contributed by atoms with Gasteiger partial charge in [0.25, 0.3) is 17.5 Å². The molecule has 35 heavy (non-hydrogen) atoms. The predicted octanol–water partition coefficient (Wildman–Crippen LogP) is 4.56. The maximum Gasteiger partial charge on any atom is 0.294 e. The Morgan fingerprint density at radius 2 is 1.91 bits per heavy atom. The monoisotopic (exact) mass is 472 g/mol. The summed E-state index contributed by atoms with van der Waals surface area (Å²) >= 11 is 0. The molecule has 0 bridgehead atoms. The second-order valence-corrected chi connectivity index (χ2v) is 8.70. The van der Waals surface area contributed by atoms with Crippen LogP contribution in [0.2, 0.25) is 0 Å². The van der Waals surface area contributed by atoms with E-state index < -0.39 is 10.8 Å². The average molecular weight is 473 g/mol. The highest BCUT2D eigenvalue weighted by molar-refractivity contribution is 6.10. The van der Waals surface area contributed by atoms with Gasteiger partial charge in [-0.2, -0.15) is 5.10 Å². The highest BCUT2D eigenvalue weighted by Crippen LogP contribution is 2.33. The summed E-state index contributed by atoms with van der Waals surface area (Å²) in [6, 6.07) is 13.4. The lowest BCUT2D eigenvalue weighted by atomic mass is 9.93. The van der Waals surface area contributed by atoms with Crippen LogP contribution in [0.4, 0.5) is 11.4 Å². The largest absolute Gasteiger partial charge is 0.455 e. The number of nitro benzene ring substituents is 1. The van der Waals surface area contributed by atoms with E-state index in [0.29, 0.717) is 42.2 Å². The minimum atomic E-state index is -0.551. The van der Waals surface area contributed by atoms with Crippen molar-refractivity contribution in [1.82, 2.24) is 5.43 Å². The summed E-state index contributed by atoms with van der Waals surface area (Å²) in [5.74, 6) is 0.261. The van der Waals surface area contributed by atoms with Crippen LogP contribution in [0.5, 0.6) is 0 Å². The summed E-state index contributed by atoms with van der Waals surface area (Å²) in [4.78, 5) is 38.3. The van der Waals surface area contributed by atoms with Gasteiger partial charge >= 0.3 is 0 Å². The number of hydrogen-bond donors (Lipinski definition) is 1. The van der Waals surface area contributed by atoms with Gasteiger partial charge in [0.2, 0.25) is 0 Å². The Morgan fingerprint density at radius 1 is 1.09 bits per heavy atom. The van der Waals surface area contributed by atoms with Crippen LogP contribution in [0.15, 0.2) is 58.0 Å². The fourth-order valence-electron chi connectivity index (χ4n) is 4.79. The number of para-hydroxylation sites is 1. The molecule has 0 saturated heterocycles. The molecule has 0 saturated carbocycles. The number of carbonyl (C=O) groups excluding carboxylic acids is 2. The molecule has 3 aromatic rings. The zero-order valence-electron chi connectivity index (χ0n) is 19.2. The molecule has 0 fully saturated rings. The van der Waals surface area contributed by atoms with Crippen LogP contribution in [-0.2, 0) is 12.8 Å². The van der Waals surface area contributed by atoms with Crippen LogP contribution in [-0.4, -0.2) is 29.0 Å². The minimum absolute atomic E-state index is 0.142. The molecule has 2 aromatic carbocycles. The highest BCUT2D eigenvalue weighted by atomic mass is 16.6. The molecule has 0 unspecified atom stereocenters. The third kappa shape index (κ3) is 4.21. The van der Waals surface area contributed by atoms with E-state index in [1.54, 1.807) is 4.90 Å². The number of furan rings is 1. The van der Waals surface area contributed by atoms with E-state index in [-0.39, 0.29) is 17.2 Å². The van der Waals surface area contributed by atoms with Crippen molar-refractivity contribution in [3.63, 3.8) is 0 Å². The first kappa shape index (κ1) is 22.5. The van der Waals surface area contributed by atoms with E-state index >= 15 is 0 Å². The van der Waals surface area contributed by atoms with Crippen LogP contribution in [0.1, 0.15) is 62.6 Å². The molecule has 9 nitrogen and oxygen atoms in total. The van der Waals surface area contributed by atoms with Crippen molar-refractivity contribution in [3.8, 4) is 0 Å². The molecule has 2 heterocycles. The Labute approximate surface area is 201 Å². The Balaban J connectivity index is 1.42. The van der Waals surface area contributed by atoms with E-state index in [9.17, 15) is 19.7 Å². The molecule has 2 aliphatic rings. The SMILES string of the molecule is Cc1c(C(=O)N2CCCc3ccccc32)oc2c1/C(=N/NC(=O)c1cccc([N+](=O)[O-])c1)CCC2. The quantitative estimate of drug-likeness (QED) is 0.441. The van der Waals surface area contributed by atoms with Crippen molar-refractivity contribution in [2.45, 2.75) is 39.0 Å². The van der Waals surface area contributed by atoms with Crippen LogP contribution in [0.3, 0.4) is 0 Å². The molecule has 1 aliphatic heterocycles.